The second kappa shape index (κ2) is 6.82. The molecular weight excluding hydrogens is 308 g/mol. The minimum absolute atomic E-state index is 0.121. The van der Waals surface area contributed by atoms with E-state index in [1.807, 2.05) is 13.8 Å². The van der Waals surface area contributed by atoms with Crippen LogP contribution in [0, 0.1) is 6.92 Å². The molecule has 0 spiro atoms. The standard InChI is InChI=1S/C17H20N4O3/c1-3-14-12(2)10-15(24-14)17(23)21-8-6-20(7-9-21)16(22)13-11-18-4-5-19-13/h4-5,10-11H,3,6-9H2,1-2H3. The Kier molecular flexibility index (Phi) is 4.59. The average Bonchev–Trinajstić information content (AvgIpc) is 3.02. The first-order valence-electron chi connectivity index (χ1n) is 8.04. The number of carbonyl (C=O) groups is 2. The molecule has 0 bridgehead atoms. The number of amides is 2. The summed E-state index contributed by atoms with van der Waals surface area (Å²) in [5, 5.41) is 0. The van der Waals surface area contributed by atoms with Crippen LogP contribution in [0.15, 0.2) is 29.1 Å². The largest absolute Gasteiger partial charge is 0.456 e. The number of hydrogen-bond donors (Lipinski definition) is 0. The molecule has 1 saturated heterocycles. The highest BCUT2D eigenvalue weighted by molar-refractivity contribution is 5.93. The van der Waals surface area contributed by atoms with Crippen LogP contribution in [0.2, 0.25) is 0 Å². The van der Waals surface area contributed by atoms with Crippen molar-refractivity contribution in [3.8, 4) is 0 Å². The van der Waals surface area contributed by atoms with Gasteiger partial charge in [-0.2, -0.15) is 0 Å². The molecule has 0 N–H and O–H groups in total. The van der Waals surface area contributed by atoms with Gasteiger partial charge in [0.2, 0.25) is 0 Å². The summed E-state index contributed by atoms with van der Waals surface area (Å²) in [6.07, 6.45) is 5.25. The Labute approximate surface area is 140 Å². The number of aryl methyl sites for hydroxylation is 2. The van der Waals surface area contributed by atoms with Gasteiger partial charge in [-0.15, -0.1) is 0 Å². The smallest absolute Gasteiger partial charge is 0.289 e. The molecule has 2 amide bonds. The van der Waals surface area contributed by atoms with Crippen LogP contribution in [-0.4, -0.2) is 57.8 Å². The van der Waals surface area contributed by atoms with Gasteiger partial charge in [0.05, 0.1) is 6.20 Å². The Morgan fingerprint density at radius 1 is 1.12 bits per heavy atom. The molecule has 24 heavy (non-hydrogen) atoms. The number of hydrogen-bond acceptors (Lipinski definition) is 5. The minimum atomic E-state index is -0.155. The molecule has 126 valence electrons. The van der Waals surface area contributed by atoms with Crippen LogP contribution in [0.5, 0.6) is 0 Å². The average molecular weight is 328 g/mol. The molecule has 7 heteroatoms. The van der Waals surface area contributed by atoms with E-state index in [2.05, 4.69) is 9.97 Å². The summed E-state index contributed by atoms with van der Waals surface area (Å²) < 4.78 is 5.63. The van der Waals surface area contributed by atoms with E-state index in [1.165, 1.54) is 18.6 Å². The number of piperazine rings is 1. The molecule has 2 aromatic heterocycles. The molecule has 0 radical (unpaired) electrons. The van der Waals surface area contributed by atoms with E-state index in [1.54, 1.807) is 15.9 Å². The van der Waals surface area contributed by atoms with E-state index in [9.17, 15) is 9.59 Å². The van der Waals surface area contributed by atoms with Crippen molar-refractivity contribution in [3.63, 3.8) is 0 Å². The molecule has 2 aromatic rings. The molecular formula is C17H20N4O3. The number of nitrogens with zero attached hydrogens (tertiary/aromatic N) is 4. The highest BCUT2D eigenvalue weighted by Crippen LogP contribution is 2.18. The lowest BCUT2D eigenvalue weighted by Gasteiger charge is -2.34. The van der Waals surface area contributed by atoms with Crippen LogP contribution in [0.1, 0.15) is 39.3 Å². The quantitative estimate of drug-likeness (QED) is 0.854. The number of rotatable bonds is 3. The van der Waals surface area contributed by atoms with Gasteiger partial charge in [0, 0.05) is 45.0 Å². The summed E-state index contributed by atoms with van der Waals surface area (Å²) in [6.45, 7) is 5.84. The fourth-order valence-corrected chi connectivity index (χ4v) is 2.82. The maximum atomic E-state index is 12.5. The van der Waals surface area contributed by atoms with Crippen molar-refractivity contribution in [2.45, 2.75) is 20.3 Å². The SMILES string of the molecule is CCc1oc(C(=O)N2CCN(C(=O)c3cnccn3)CC2)cc1C. The summed E-state index contributed by atoms with van der Waals surface area (Å²) in [6, 6.07) is 1.79. The molecule has 1 aliphatic rings. The van der Waals surface area contributed by atoms with Crippen molar-refractivity contribution >= 4 is 11.8 Å². The summed E-state index contributed by atoms with van der Waals surface area (Å²) in [7, 11) is 0. The zero-order valence-electron chi connectivity index (χ0n) is 13.9. The third-order valence-electron chi connectivity index (χ3n) is 4.19. The van der Waals surface area contributed by atoms with E-state index in [0.717, 1.165) is 17.7 Å². The van der Waals surface area contributed by atoms with E-state index >= 15 is 0 Å². The van der Waals surface area contributed by atoms with E-state index in [4.69, 9.17) is 4.42 Å². The van der Waals surface area contributed by atoms with Crippen LogP contribution in [0.4, 0.5) is 0 Å². The third kappa shape index (κ3) is 3.15. The van der Waals surface area contributed by atoms with Gasteiger partial charge < -0.3 is 14.2 Å². The predicted molar refractivity (Wildman–Crippen MR) is 86.7 cm³/mol. The Morgan fingerprint density at radius 2 is 1.79 bits per heavy atom. The topological polar surface area (TPSA) is 79.5 Å². The maximum absolute atomic E-state index is 12.5. The predicted octanol–water partition coefficient (Wildman–Crippen LogP) is 1.54. The molecule has 0 atom stereocenters. The molecule has 1 fully saturated rings. The molecule has 1 aliphatic heterocycles. The van der Waals surface area contributed by atoms with Crippen molar-refractivity contribution in [1.29, 1.82) is 0 Å². The van der Waals surface area contributed by atoms with Crippen LogP contribution in [0.3, 0.4) is 0 Å². The maximum Gasteiger partial charge on any atom is 0.289 e. The zero-order valence-corrected chi connectivity index (χ0v) is 13.9. The van der Waals surface area contributed by atoms with Gasteiger partial charge in [0.25, 0.3) is 11.8 Å². The van der Waals surface area contributed by atoms with Crippen LogP contribution in [-0.2, 0) is 6.42 Å². The zero-order chi connectivity index (χ0) is 17.1. The van der Waals surface area contributed by atoms with Crippen molar-refractivity contribution in [1.82, 2.24) is 19.8 Å². The van der Waals surface area contributed by atoms with Crippen molar-refractivity contribution < 1.29 is 14.0 Å². The first kappa shape index (κ1) is 16.2. The Hall–Kier alpha value is -2.70. The lowest BCUT2D eigenvalue weighted by Crippen LogP contribution is -2.50. The fourth-order valence-electron chi connectivity index (χ4n) is 2.82. The second-order valence-corrected chi connectivity index (χ2v) is 5.75. The molecule has 3 heterocycles. The summed E-state index contributed by atoms with van der Waals surface area (Å²) in [4.78, 5) is 36.2. The monoisotopic (exact) mass is 328 g/mol. The van der Waals surface area contributed by atoms with E-state index in [-0.39, 0.29) is 11.8 Å². The highest BCUT2D eigenvalue weighted by atomic mass is 16.4. The molecule has 0 aliphatic carbocycles. The second-order valence-electron chi connectivity index (χ2n) is 5.75. The number of aromatic nitrogens is 2. The van der Waals surface area contributed by atoms with Gasteiger partial charge in [-0.3, -0.25) is 14.6 Å². The van der Waals surface area contributed by atoms with E-state index < -0.39 is 0 Å². The van der Waals surface area contributed by atoms with Crippen molar-refractivity contribution in [2.75, 3.05) is 26.2 Å². The molecule has 3 rings (SSSR count). The molecule has 0 unspecified atom stereocenters. The Balaban J connectivity index is 1.62. The van der Waals surface area contributed by atoms with Gasteiger partial charge in [0.15, 0.2) is 5.76 Å². The lowest BCUT2D eigenvalue weighted by atomic mass is 10.2. The summed E-state index contributed by atoms with van der Waals surface area (Å²) >= 11 is 0. The highest BCUT2D eigenvalue weighted by Gasteiger charge is 2.27. The summed E-state index contributed by atoms with van der Waals surface area (Å²) in [5.41, 5.74) is 1.32. The Morgan fingerprint density at radius 3 is 2.33 bits per heavy atom. The number of carbonyl (C=O) groups excluding carboxylic acids is 2. The van der Waals surface area contributed by atoms with Crippen LogP contribution < -0.4 is 0 Å². The van der Waals surface area contributed by atoms with Gasteiger partial charge in [-0.1, -0.05) is 6.92 Å². The first-order valence-corrected chi connectivity index (χ1v) is 8.04. The number of furan rings is 1. The third-order valence-corrected chi connectivity index (χ3v) is 4.19. The van der Waals surface area contributed by atoms with Gasteiger partial charge in [-0.25, -0.2) is 4.98 Å². The van der Waals surface area contributed by atoms with Gasteiger partial charge >= 0.3 is 0 Å². The van der Waals surface area contributed by atoms with Crippen LogP contribution in [0.25, 0.3) is 0 Å². The molecule has 0 saturated carbocycles. The van der Waals surface area contributed by atoms with Gasteiger partial charge in [0.1, 0.15) is 11.5 Å². The van der Waals surface area contributed by atoms with E-state index in [0.29, 0.717) is 37.6 Å². The first-order chi connectivity index (χ1) is 11.6. The van der Waals surface area contributed by atoms with Crippen molar-refractivity contribution in [2.24, 2.45) is 0 Å². The van der Waals surface area contributed by atoms with Crippen LogP contribution >= 0.6 is 0 Å². The molecule has 7 nitrogen and oxygen atoms in total. The van der Waals surface area contributed by atoms with Gasteiger partial charge in [-0.05, 0) is 18.6 Å². The normalized spacial score (nSPS) is 14.8. The lowest BCUT2D eigenvalue weighted by molar-refractivity contribution is 0.0514. The summed E-state index contributed by atoms with van der Waals surface area (Å²) in [5.74, 6) is 0.939. The minimum Gasteiger partial charge on any atom is -0.456 e. The molecule has 0 aromatic carbocycles. The fraction of sp³-hybridized carbons (Fsp3) is 0.412. The van der Waals surface area contributed by atoms with Crippen molar-refractivity contribution in [3.05, 3.63) is 47.4 Å². The Bertz CT molecular complexity index is 734.